The van der Waals surface area contributed by atoms with Crippen LogP contribution < -0.4 is 15.7 Å². The summed E-state index contributed by atoms with van der Waals surface area (Å²) in [6, 6.07) is 19.6. The minimum absolute atomic E-state index is 0.156. The Morgan fingerprint density at radius 1 is 1.12 bits per heavy atom. The first-order valence-corrected chi connectivity index (χ1v) is 11.3. The molecule has 3 heterocycles. The lowest BCUT2D eigenvalue weighted by molar-refractivity contribution is -0.557. The van der Waals surface area contributed by atoms with Crippen molar-refractivity contribution in [3.8, 4) is 0 Å². The van der Waals surface area contributed by atoms with E-state index in [0.717, 1.165) is 16.8 Å². The zero-order valence-electron chi connectivity index (χ0n) is 18.2. The Morgan fingerprint density at radius 3 is 2.71 bits per heavy atom. The fourth-order valence-electron chi connectivity index (χ4n) is 4.75. The minimum atomic E-state index is -1.53. The Bertz CT molecular complexity index is 1400. The van der Waals surface area contributed by atoms with E-state index in [0.29, 0.717) is 27.8 Å². The van der Waals surface area contributed by atoms with Crippen LogP contribution in [0.3, 0.4) is 0 Å². The summed E-state index contributed by atoms with van der Waals surface area (Å²) in [7, 11) is 0. The maximum Gasteiger partial charge on any atom is 0.255 e. The molecular formula is C25H20ClN5O3. The second-order valence-corrected chi connectivity index (χ2v) is 9.01. The third-order valence-corrected chi connectivity index (χ3v) is 6.91. The number of carbonyl (C=O) groups is 1. The second-order valence-electron chi connectivity index (χ2n) is 8.61. The maximum absolute atomic E-state index is 13.5. The summed E-state index contributed by atoms with van der Waals surface area (Å²) in [5, 5.41) is 24.1. The molecule has 3 aromatic rings. The van der Waals surface area contributed by atoms with Crippen molar-refractivity contribution in [1.29, 1.82) is 0 Å². The first kappa shape index (κ1) is 20.8. The van der Waals surface area contributed by atoms with Crippen LogP contribution in [0.25, 0.3) is 0 Å². The third kappa shape index (κ3) is 3.10. The lowest BCUT2D eigenvalue weighted by Gasteiger charge is -2.30. The normalized spacial score (nSPS) is 24.9. The average Bonchev–Trinajstić information content (AvgIpc) is 3.27. The van der Waals surface area contributed by atoms with Gasteiger partial charge in [-0.05, 0) is 35.4 Å². The number of hydrogen-bond donors (Lipinski definition) is 2. The summed E-state index contributed by atoms with van der Waals surface area (Å²) in [5.74, 6) is -0.207. The summed E-state index contributed by atoms with van der Waals surface area (Å²) in [4.78, 5) is 23.5. The number of hydrogen-bond acceptors (Lipinski definition) is 6. The van der Waals surface area contributed by atoms with Crippen LogP contribution in [-0.2, 0) is 15.2 Å². The Balaban J connectivity index is 1.51. The summed E-state index contributed by atoms with van der Waals surface area (Å²) >= 11 is 6.35. The first-order chi connectivity index (χ1) is 16.5. The van der Waals surface area contributed by atoms with E-state index in [9.17, 15) is 9.90 Å². The molecule has 8 nitrogen and oxygen atoms in total. The molecule has 170 valence electrons. The lowest BCUT2D eigenvalue weighted by atomic mass is 9.84. The number of nitrogens with zero attached hydrogens (tertiary/aromatic N) is 3. The van der Waals surface area contributed by atoms with E-state index in [-0.39, 0.29) is 12.3 Å². The van der Waals surface area contributed by atoms with Gasteiger partial charge < -0.3 is 20.6 Å². The lowest BCUT2D eigenvalue weighted by Crippen LogP contribution is -2.50. The van der Waals surface area contributed by atoms with Crippen LogP contribution in [0.5, 0.6) is 0 Å². The summed E-state index contributed by atoms with van der Waals surface area (Å²) < 4.78 is 1.50. The van der Waals surface area contributed by atoms with Gasteiger partial charge in [-0.3, -0.25) is 4.79 Å². The molecule has 9 heteroatoms. The van der Waals surface area contributed by atoms with Crippen molar-refractivity contribution in [2.75, 3.05) is 10.6 Å². The first-order valence-electron chi connectivity index (χ1n) is 10.9. The van der Waals surface area contributed by atoms with Crippen molar-refractivity contribution >= 4 is 46.0 Å². The number of anilines is 2. The molecule has 3 aliphatic heterocycles. The van der Waals surface area contributed by atoms with Crippen molar-refractivity contribution < 1.29 is 19.4 Å². The number of aliphatic imine (C=N–C) groups is 1. The molecule has 0 bridgehead atoms. The molecule has 2 N–H and O–H groups in total. The molecule has 3 unspecified atom stereocenters. The van der Waals surface area contributed by atoms with Gasteiger partial charge in [0.1, 0.15) is 6.29 Å². The van der Waals surface area contributed by atoms with Crippen molar-refractivity contribution in [2.24, 2.45) is 10.3 Å². The Labute approximate surface area is 200 Å². The van der Waals surface area contributed by atoms with Crippen molar-refractivity contribution in [2.45, 2.75) is 31.2 Å². The molecule has 0 saturated carbocycles. The van der Waals surface area contributed by atoms with Gasteiger partial charge in [-0.15, -0.1) is 0 Å². The van der Waals surface area contributed by atoms with Crippen LogP contribution in [-0.4, -0.2) is 28.6 Å². The zero-order chi connectivity index (χ0) is 23.4. The highest BCUT2D eigenvalue weighted by Crippen LogP contribution is 2.46. The third-order valence-electron chi connectivity index (χ3n) is 6.51. The average molecular weight is 474 g/mol. The topological polar surface area (TPSA) is 101 Å². The fraction of sp³-hybridized carbons (Fsp3) is 0.200. The summed E-state index contributed by atoms with van der Waals surface area (Å²) in [6.07, 6.45) is -1.37. The molecule has 1 spiro atoms. The molecule has 0 aromatic heterocycles. The summed E-state index contributed by atoms with van der Waals surface area (Å²) in [5.41, 5.74) is 3.73. The number of halogens is 1. The largest absolute Gasteiger partial charge is 0.814 e. The SMILES string of the molecule is Cc1ccc([N+]2=NOC([O-])C2C2=Nc3ccccc3NC3(C2)C(=O)Nc2ccccc23)cc1Cl. The highest BCUT2D eigenvalue weighted by molar-refractivity contribution is 6.31. The Hall–Kier alpha value is -3.75. The Morgan fingerprint density at radius 2 is 1.88 bits per heavy atom. The van der Waals surface area contributed by atoms with Gasteiger partial charge in [-0.2, -0.15) is 0 Å². The van der Waals surface area contributed by atoms with Crippen LogP contribution in [0.4, 0.5) is 22.7 Å². The van der Waals surface area contributed by atoms with Crippen LogP contribution in [0, 0.1) is 6.92 Å². The number of benzene rings is 3. The summed E-state index contributed by atoms with van der Waals surface area (Å²) in [6.45, 7) is 1.90. The second kappa shape index (κ2) is 7.65. The molecule has 0 aliphatic carbocycles. The van der Waals surface area contributed by atoms with Crippen LogP contribution in [0.15, 0.2) is 77.0 Å². The van der Waals surface area contributed by atoms with Gasteiger partial charge in [0, 0.05) is 29.8 Å². The van der Waals surface area contributed by atoms with Crippen molar-refractivity contribution in [1.82, 2.24) is 0 Å². The Kier molecular flexibility index (Phi) is 4.68. The number of carbonyl (C=O) groups excluding carboxylic acids is 1. The van der Waals surface area contributed by atoms with Gasteiger partial charge in [0.25, 0.3) is 11.9 Å². The smallest absolute Gasteiger partial charge is 0.255 e. The molecule has 0 saturated heterocycles. The van der Waals surface area contributed by atoms with Gasteiger partial charge >= 0.3 is 0 Å². The predicted molar refractivity (Wildman–Crippen MR) is 126 cm³/mol. The molecule has 1 amide bonds. The van der Waals surface area contributed by atoms with Gasteiger partial charge in [0.15, 0.2) is 10.8 Å². The van der Waals surface area contributed by atoms with E-state index >= 15 is 0 Å². The van der Waals surface area contributed by atoms with Crippen molar-refractivity contribution in [3.05, 3.63) is 82.9 Å². The van der Waals surface area contributed by atoms with E-state index < -0.39 is 17.9 Å². The van der Waals surface area contributed by atoms with Crippen molar-refractivity contribution in [3.63, 3.8) is 0 Å². The van der Waals surface area contributed by atoms with E-state index in [1.54, 1.807) is 6.07 Å². The zero-order valence-corrected chi connectivity index (χ0v) is 18.9. The van der Waals surface area contributed by atoms with Gasteiger partial charge in [-0.1, -0.05) is 48.0 Å². The van der Waals surface area contributed by atoms with Gasteiger partial charge in [-0.25, -0.2) is 4.99 Å². The minimum Gasteiger partial charge on any atom is -0.814 e. The maximum atomic E-state index is 13.5. The molecule has 3 aromatic carbocycles. The molecule has 3 aliphatic rings. The van der Waals surface area contributed by atoms with E-state index in [4.69, 9.17) is 21.4 Å². The number of rotatable bonds is 2. The van der Waals surface area contributed by atoms with E-state index in [1.807, 2.05) is 67.6 Å². The molecule has 0 radical (unpaired) electrons. The van der Waals surface area contributed by atoms with E-state index in [1.165, 1.54) is 4.70 Å². The van der Waals surface area contributed by atoms with E-state index in [2.05, 4.69) is 15.9 Å². The fourth-order valence-corrected chi connectivity index (χ4v) is 4.93. The quantitative estimate of drug-likeness (QED) is 0.545. The van der Waals surface area contributed by atoms with Gasteiger partial charge in [0.2, 0.25) is 5.69 Å². The monoisotopic (exact) mass is 473 g/mol. The highest BCUT2D eigenvalue weighted by atomic mass is 35.5. The molecule has 3 atom stereocenters. The van der Waals surface area contributed by atoms with Crippen LogP contribution in [0.1, 0.15) is 17.5 Å². The molecule has 6 rings (SSSR count). The predicted octanol–water partition coefficient (Wildman–Crippen LogP) is 4.18. The standard InChI is InChI=1S/C25H20ClN5O3/c1-14-10-11-15(12-17(14)26)31-22(23(32)34-30-31)21-13-25(29-20-9-5-4-8-19(20)27-21)16-6-2-3-7-18(16)28-24(25)33/h2-12,22-23,29H,13H2,1H3,(H,28,33). The molecular weight excluding hydrogens is 454 g/mol. The number of para-hydroxylation sites is 3. The number of aryl methyl sites for hydroxylation is 1. The number of nitrogens with one attached hydrogen (secondary N) is 2. The number of amides is 1. The molecule has 34 heavy (non-hydrogen) atoms. The van der Waals surface area contributed by atoms with Gasteiger partial charge in [0.05, 0.1) is 22.1 Å². The highest BCUT2D eigenvalue weighted by Gasteiger charge is 2.52. The van der Waals surface area contributed by atoms with Crippen LogP contribution in [0.2, 0.25) is 5.02 Å². The van der Waals surface area contributed by atoms with Crippen LogP contribution >= 0.6 is 11.6 Å². The molecule has 0 fully saturated rings. The number of fused-ring (bicyclic) bond motifs is 3.